The summed E-state index contributed by atoms with van der Waals surface area (Å²) in [7, 11) is 3.21. The van der Waals surface area contributed by atoms with Crippen LogP contribution in [0.3, 0.4) is 0 Å². The number of aliphatic hydroxyl groups excluding tert-OH is 2. The molecule has 55 heavy (non-hydrogen) atoms. The second-order valence-electron chi connectivity index (χ2n) is 12.9. The first-order valence-electron chi connectivity index (χ1n) is 17.5. The van der Waals surface area contributed by atoms with Gasteiger partial charge in [0.1, 0.15) is 18.2 Å². The Labute approximate surface area is 319 Å². The molecule has 0 unspecified atom stereocenters. The Balaban J connectivity index is 0.000000251. The predicted octanol–water partition coefficient (Wildman–Crippen LogP) is 4.35. The zero-order valence-corrected chi connectivity index (χ0v) is 31.2. The van der Waals surface area contributed by atoms with E-state index in [-0.39, 0.29) is 17.3 Å². The van der Waals surface area contributed by atoms with Crippen LogP contribution >= 0.6 is 0 Å². The SMILES string of the molecule is COc1cccc([C@@H](O)C2CCN(CCc3ccc(F)cc3)CC2)c1OC.Cc1ccc(C(=O)O[C@H](C(=O)O)[C@H](O)C(=O)[O-])cc1.Cc1ccc(C=O)cc1. The number of rotatable bonds is 13. The van der Waals surface area contributed by atoms with Gasteiger partial charge in [0, 0.05) is 17.7 Å². The van der Waals surface area contributed by atoms with Gasteiger partial charge in [-0.3, -0.25) is 4.79 Å². The summed E-state index contributed by atoms with van der Waals surface area (Å²) in [6.07, 6.45) is -1.59. The van der Waals surface area contributed by atoms with Crippen molar-refractivity contribution in [3.05, 3.63) is 130 Å². The first-order valence-corrected chi connectivity index (χ1v) is 17.5. The molecular weight excluding hydrogens is 713 g/mol. The Bertz CT molecular complexity index is 1820. The molecule has 1 aliphatic rings. The van der Waals surface area contributed by atoms with Crippen molar-refractivity contribution >= 4 is 24.2 Å². The number of benzene rings is 4. The van der Waals surface area contributed by atoms with Gasteiger partial charge >= 0.3 is 11.9 Å². The van der Waals surface area contributed by atoms with Crippen LogP contribution in [0.5, 0.6) is 11.5 Å². The van der Waals surface area contributed by atoms with Crippen molar-refractivity contribution in [3.8, 4) is 11.5 Å². The Kier molecular flexibility index (Phi) is 17.4. The van der Waals surface area contributed by atoms with E-state index in [1.54, 1.807) is 33.3 Å². The van der Waals surface area contributed by atoms with Crippen LogP contribution in [0.4, 0.5) is 4.39 Å². The summed E-state index contributed by atoms with van der Waals surface area (Å²) in [5.74, 6) is -3.60. The van der Waals surface area contributed by atoms with Gasteiger partial charge in [-0.15, -0.1) is 0 Å². The summed E-state index contributed by atoms with van der Waals surface area (Å²) in [5, 5.41) is 39.1. The number of hydrogen-bond acceptors (Lipinski definition) is 11. The maximum absolute atomic E-state index is 13.0. The Hall–Kier alpha value is -5.63. The number of likely N-dealkylation sites (tertiary alicyclic amines) is 1. The number of carbonyl (C=O) groups excluding carboxylic acids is 3. The van der Waals surface area contributed by atoms with E-state index in [2.05, 4.69) is 9.64 Å². The molecule has 0 saturated carbocycles. The number of esters is 1. The number of carboxylic acids is 2. The van der Waals surface area contributed by atoms with Crippen molar-refractivity contribution in [2.24, 2.45) is 5.92 Å². The summed E-state index contributed by atoms with van der Waals surface area (Å²) in [6.45, 7) is 6.64. The Morgan fingerprint density at radius 2 is 1.45 bits per heavy atom. The highest BCUT2D eigenvalue weighted by Crippen LogP contribution is 2.40. The number of hydrogen-bond donors (Lipinski definition) is 3. The molecule has 0 amide bonds. The fourth-order valence-corrected chi connectivity index (χ4v) is 5.72. The second kappa shape index (κ2) is 21.9. The fraction of sp³-hybridized carbons (Fsp3) is 0.333. The summed E-state index contributed by atoms with van der Waals surface area (Å²) in [5.41, 5.74) is 4.78. The zero-order chi connectivity index (χ0) is 40.5. The lowest BCUT2D eigenvalue weighted by molar-refractivity contribution is -0.318. The van der Waals surface area contributed by atoms with E-state index in [1.165, 1.54) is 29.8 Å². The maximum atomic E-state index is 13.0. The van der Waals surface area contributed by atoms with Gasteiger partial charge in [-0.05, 0) is 88.0 Å². The summed E-state index contributed by atoms with van der Waals surface area (Å²) < 4.78 is 28.3. The van der Waals surface area contributed by atoms with E-state index in [0.29, 0.717) is 11.5 Å². The molecule has 13 heteroatoms. The van der Waals surface area contributed by atoms with Gasteiger partial charge in [-0.2, -0.15) is 0 Å². The molecule has 0 spiro atoms. The summed E-state index contributed by atoms with van der Waals surface area (Å²) >= 11 is 0. The van der Waals surface area contributed by atoms with Crippen molar-refractivity contribution in [1.82, 2.24) is 4.90 Å². The molecule has 4 aromatic carbocycles. The molecule has 0 aromatic heterocycles. The largest absolute Gasteiger partial charge is 0.547 e. The van der Waals surface area contributed by atoms with Crippen molar-refractivity contribution in [2.45, 2.75) is 51.4 Å². The standard InChI is InChI=1S/C22H28FNO3.C12H12O7.C8H8O/c1-26-20-5-3-4-19(22(20)27-2)21(25)17-11-14-24(15-12-17)13-10-16-6-8-18(23)9-7-16;1-6-2-4-7(5-3-6)12(18)19-9(11(16)17)8(13)10(14)15;1-7-2-4-8(6-9)5-3-7/h3-9,17,21,25H,10-15H2,1-2H3;2-5,8-9,13H,1H3,(H,14,15)(H,16,17);2-6H,1H3/p-1/t21-;8-,9-;/m00./s1. The van der Waals surface area contributed by atoms with Crippen LogP contribution in [0.25, 0.3) is 0 Å². The molecule has 1 fully saturated rings. The van der Waals surface area contributed by atoms with Crippen LogP contribution in [0, 0.1) is 25.6 Å². The number of carboxylic acid groups (broad SMARTS) is 2. The number of para-hydroxylation sites is 1. The molecule has 4 aromatic rings. The van der Waals surface area contributed by atoms with E-state index in [1.807, 2.05) is 61.5 Å². The highest BCUT2D eigenvalue weighted by Gasteiger charge is 2.32. The second-order valence-corrected chi connectivity index (χ2v) is 12.9. The first kappa shape index (κ1) is 43.8. The van der Waals surface area contributed by atoms with E-state index in [9.17, 15) is 33.8 Å². The van der Waals surface area contributed by atoms with Gasteiger partial charge in [0.05, 0.1) is 31.9 Å². The van der Waals surface area contributed by atoms with Crippen molar-refractivity contribution in [1.29, 1.82) is 0 Å². The number of nitrogens with zero attached hydrogens (tertiary/aromatic N) is 1. The number of aliphatic carboxylic acids is 2. The third-order valence-electron chi connectivity index (χ3n) is 8.97. The number of aryl methyl sites for hydroxylation is 2. The minimum Gasteiger partial charge on any atom is -0.547 e. The van der Waals surface area contributed by atoms with Gasteiger partial charge in [-0.25, -0.2) is 14.0 Å². The summed E-state index contributed by atoms with van der Waals surface area (Å²) in [6, 6.07) is 25.8. The van der Waals surface area contributed by atoms with Crippen LogP contribution in [0.15, 0.2) is 91.0 Å². The van der Waals surface area contributed by atoms with Crippen molar-refractivity contribution in [2.75, 3.05) is 33.9 Å². The average Bonchev–Trinajstić information content (AvgIpc) is 3.19. The number of carbonyl (C=O) groups is 4. The lowest BCUT2D eigenvalue weighted by atomic mass is 9.87. The van der Waals surface area contributed by atoms with Gasteiger partial charge in [0.2, 0.25) is 6.10 Å². The Morgan fingerprint density at radius 3 is 1.96 bits per heavy atom. The summed E-state index contributed by atoms with van der Waals surface area (Å²) in [4.78, 5) is 45.2. The molecule has 3 N–H and O–H groups in total. The van der Waals surface area contributed by atoms with E-state index < -0.39 is 36.2 Å². The van der Waals surface area contributed by atoms with Crippen molar-refractivity contribution < 1.29 is 58.2 Å². The van der Waals surface area contributed by atoms with Crippen LogP contribution in [0.1, 0.15) is 61.9 Å². The van der Waals surface area contributed by atoms with Gasteiger partial charge < -0.3 is 44.3 Å². The van der Waals surface area contributed by atoms with Crippen LogP contribution in [-0.4, -0.2) is 90.5 Å². The Morgan fingerprint density at radius 1 is 0.873 bits per heavy atom. The first-order chi connectivity index (χ1) is 26.3. The number of piperidine rings is 1. The molecule has 0 bridgehead atoms. The molecule has 0 aliphatic carbocycles. The topological polar surface area (TPSA) is 183 Å². The molecule has 1 aliphatic heterocycles. The highest BCUT2D eigenvalue weighted by atomic mass is 19.1. The smallest absolute Gasteiger partial charge is 0.348 e. The average molecular weight is 761 g/mol. The van der Waals surface area contributed by atoms with Gasteiger partial charge in [0.15, 0.2) is 11.5 Å². The van der Waals surface area contributed by atoms with E-state index >= 15 is 0 Å². The zero-order valence-electron chi connectivity index (χ0n) is 31.2. The van der Waals surface area contributed by atoms with E-state index in [4.69, 9.17) is 19.7 Å². The molecule has 294 valence electrons. The molecule has 0 radical (unpaired) electrons. The number of halogens is 1. The highest BCUT2D eigenvalue weighted by molar-refractivity contribution is 5.92. The lowest BCUT2D eigenvalue weighted by Crippen LogP contribution is -2.48. The number of aliphatic hydroxyl groups is 2. The van der Waals surface area contributed by atoms with Crippen LogP contribution < -0.4 is 14.6 Å². The molecule has 12 nitrogen and oxygen atoms in total. The molecular formula is C42H47FNO11-. The lowest BCUT2D eigenvalue weighted by Gasteiger charge is -2.34. The molecule has 3 atom stereocenters. The fourth-order valence-electron chi connectivity index (χ4n) is 5.72. The maximum Gasteiger partial charge on any atom is 0.348 e. The number of aldehydes is 1. The quantitative estimate of drug-likeness (QED) is 0.130. The van der Waals surface area contributed by atoms with Gasteiger partial charge in [0.25, 0.3) is 0 Å². The van der Waals surface area contributed by atoms with Crippen molar-refractivity contribution in [3.63, 3.8) is 0 Å². The third kappa shape index (κ3) is 13.6. The van der Waals surface area contributed by atoms with Crippen LogP contribution in [-0.2, 0) is 20.7 Å². The molecule has 1 heterocycles. The third-order valence-corrected chi connectivity index (χ3v) is 8.97. The monoisotopic (exact) mass is 760 g/mol. The molecule has 5 rings (SSSR count). The van der Waals surface area contributed by atoms with Gasteiger partial charge in [-0.1, -0.05) is 71.8 Å². The minimum atomic E-state index is -2.44. The van der Waals surface area contributed by atoms with Crippen LogP contribution in [0.2, 0.25) is 0 Å². The number of methoxy groups -OCH3 is 2. The normalized spacial score (nSPS) is 14.4. The molecule has 1 saturated heterocycles. The van der Waals surface area contributed by atoms with E-state index in [0.717, 1.165) is 67.4 Å². The number of ether oxygens (including phenoxy) is 3. The minimum absolute atomic E-state index is 0.0439. The predicted molar refractivity (Wildman–Crippen MR) is 199 cm³/mol.